The third kappa shape index (κ3) is 2.27. The van der Waals surface area contributed by atoms with Crippen molar-refractivity contribution in [3.8, 4) is 0 Å². The van der Waals surface area contributed by atoms with Crippen molar-refractivity contribution in [2.45, 2.75) is 13.5 Å². The van der Waals surface area contributed by atoms with E-state index in [1.165, 1.54) is 5.56 Å². The molecule has 0 aliphatic carbocycles. The first-order valence-corrected chi connectivity index (χ1v) is 6.43. The van der Waals surface area contributed by atoms with Crippen LogP contribution >= 0.6 is 0 Å². The van der Waals surface area contributed by atoms with Crippen LogP contribution < -0.4 is 10.6 Å². The van der Waals surface area contributed by atoms with Gasteiger partial charge in [0.15, 0.2) is 11.5 Å². The maximum atomic E-state index is 4.51. The van der Waals surface area contributed by atoms with E-state index in [0.29, 0.717) is 6.54 Å². The van der Waals surface area contributed by atoms with Crippen LogP contribution in [0.15, 0.2) is 37.1 Å². The van der Waals surface area contributed by atoms with Gasteiger partial charge in [-0.05, 0) is 24.1 Å². The van der Waals surface area contributed by atoms with Crippen LogP contribution in [-0.4, -0.2) is 26.4 Å². The SMILES string of the molecule is CNc1cn2ccnc2c(NCc2cnccc2C)n1. The second-order valence-corrected chi connectivity index (χ2v) is 4.54. The lowest BCUT2D eigenvalue weighted by Gasteiger charge is -2.10. The Morgan fingerprint density at radius 2 is 2.20 bits per heavy atom. The third-order valence-electron chi connectivity index (χ3n) is 3.22. The standard InChI is InChI=1S/C14H16N6/c1-10-3-4-16-7-11(10)8-18-13-14-17-5-6-20(14)9-12(15-2)19-13/h3-7,9,15H,8H2,1-2H3,(H,18,19). The molecule has 6 nitrogen and oxygen atoms in total. The molecule has 0 aliphatic rings. The van der Waals surface area contributed by atoms with Crippen LogP contribution in [-0.2, 0) is 6.54 Å². The molecule has 3 aromatic heterocycles. The zero-order chi connectivity index (χ0) is 13.9. The van der Waals surface area contributed by atoms with Crippen molar-refractivity contribution in [2.24, 2.45) is 0 Å². The molecule has 20 heavy (non-hydrogen) atoms. The molecular formula is C14H16N6. The summed E-state index contributed by atoms with van der Waals surface area (Å²) in [6, 6.07) is 2.00. The largest absolute Gasteiger partial charge is 0.372 e. The molecule has 0 unspecified atom stereocenters. The number of nitrogens with one attached hydrogen (secondary N) is 2. The Balaban J connectivity index is 1.90. The zero-order valence-corrected chi connectivity index (χ0v) is 11.5. The molecule has 0 fully saturated rings. The van der Waals surface area contributed by atoms with Crippen LogP contribution in [0.3, 0.4) is 0 Å². The van der Waals surface area contributed by atoms with Crippen LogP contribution in [0.5, 0.6) is 0 Å². The third-order valence-corrected chi connectivity index (χ3v) is 3.22. The average Bonchev–Trinajstić information content (AvgIpc) is 2.94. The molecule has 0 saturated carbocycles. The van der Waals surface area contributed by atoms with E-state index in [9.17, 15) is 0 Å². The quantitative estimate of drug-likeness (QED) is 0.758. The van der Waals surface area contributed by atoms with Gasteiger partial charge in [-0.25, -0.2) is 9.97 Å². The van der Waals surface area contributed by atoms with Crippen LogP contribution in [0.25, 0.3) is 5.65 Å². The summed E-state index contributed by atoms with van der Waals surface area (Å²) in [6.45, 7) is 2.74. The lowest BCUT2D eigenvalue weighted by molar-refractivity contribution is 1.04. The summed E-state index contributed by atoms with van der Waals surface area (Å²) < 4.78 is 1.94. The maximum absolute atomic E-state index is 4.51. The maximum Gasteiger partial charge on any atom is 0.180 e. The normalized spacial score (nSPS) is 10.7. The molecule has 3 heterocycles. The Bertz CT molecular complexity index is 733. The summed E-state index contributed by atoms with van der Waals surface area (Å²) in [5.74, 6) is 1.55. The van der Waals surface area contributed by atoms with Crippen molar-refractivity contribution in [3.05, 3.63) is 48.2 Å². The van der Waals surface area contributed by atoms with E-state index in [0.717, 1.165) is 22.8 Å². The number of anilines is 2. The highest BCUT2D eigenvalue weighted by Gasteiger charge is 2.07. The molecule has 102 valence electrons. The number of rotatable bonds is 4. The molecule has 0 amide bonds. The van der Waals surface area contributed by atoms with Gasteiger partial charge in [-0.3, -0.25) is 4.98 Å². The smallest absolute Gasteiger partial charge is 0.180 e. The van der Waals surface area contributed by atoms with Gasteiger partial charge in [0, 0.05) is 38.4 Å². The van der Waals surface area contributed by atoms with Gasteiger partial charge >= 0.3 is 0 Å². The van der Waals surface area contributed by atoms with E-state index in [1.54, 1.807) is 12.4 Å². The van der Waals surface area contributed by atoms with Crippen molar-refractivity contribution in [3.63, 3.8) is 0 Å². The minimum atomic E-state index is 0.669. The van der Waals surface area contributed by atoms with E-state index in [4.69, 9.17) is 0 Å². The Kier molecular flexibility index (Phi) is 3.20. The van der Waals surface area contributed by atoms with Crippen LogP contribution in [0.4, 0.5) is 11.6 Å². The number of nitrogens with zero attached hydrogens (tertiary/aromatic N) is 4. The van der Waals surface area contributed by atoms with Crippen molar-refractivity contribution in [1.82, 2.24) is 19.4 Å². The molecule has 3 rings (SSSR count). The number of fused-ring (bicyclic) bond motifs is 1. The Morgan fingerprint density at radius 1 is 1.30 bits per heavy atom. The van der Waals surface area contributed by atoms with Crippen LogP contribution in [0.1, 0.15) is 11.1 Å². The van der Waals surface area contributed by atoms with Gasteiger partial charge in [-0.2, -0.15) is 0 Å². The average molecular weight is 268 g/mol. The van der Waals surface area contributed by atoms with Gasteiger partial charge in [0.05, 0.1) is 6.20 Å². The summed E-state index contributed by atoms with van der Waals surface area (Å²) in [5.41, 5.74) is 3.16. The Labute approximate surface area is 116 Å². The lowest BCUT2D eigenvalue weighted by atomic mass is 10.1. The highest BCUT2D eigenvalue weighted by atomic mass is 15.1. The number of hydrogen-bond acceptors (Lipinski definition) is 5. The van der Waals surface area contributed by atoms with Gasteiger partial charge in [0.2, 0.25) is 0 Å². The molecule has 0 atom stereocenters. The number of imidazole rings is 1. The summed E-state index contributed by atoms with van der Waals surface area (Å²) in [7, 11) is 1.85. The van der Waals surface area contributed by atoms with E-state index >= 15 is 0 Å². The Hall–Kier alpha value is -2.63. The molecule has 0 aromatic carbocycles. The lowest BCUT2D eigenvalue weighted by Crippen LogP contribution is -2.07. The van der Waals surface area contributed by atoms with Crippen molar-refractivity contribution in [1.29, 1.82) is 0 Å². The zero-order valence-electron chi connectivity index (χ0n) is 11.5. The molecule has 0 spiro atoms. The fourth-order valence-corrected chi connectivity index (χ4v) is 2.03. The van der Waals surface area contributed by atoms with E-state index < -0.39 is 0 Å². The van der Waals surface area contributed by atoms with Gasteiger partial charge in [0.25, 0.3) is 0 Å². The molecule has 0 aliphatic heterocycles. The molecule has 2 N–H and O–H groups in total. The monoisotopic (exact) mass is 268 g/mol. The highest BCUT2D eigenvalue weighted by Crippen LogP contribution is 2.17. The van der Waals surface area contributed by atoms with E-state index in [2.05, 4.69) is 32.5 Å². The minimum Gasteiger partial charge on any atom is -0.372 e. The second-order valence-electron chi connectivity index (χ2n) is 4.54. The topological polar surface area (TPSA) is 67.1 Å². The Morgan fingerprint density at radius 3 is 3.00 bits per heavy atom. The van der Waals surface area contributed by atoms with Crippen molar-refractivity contribution >= 4 is 17.3 Å². The van der Waals surface area contributed by atoms with E-state index in [1.807, 2.05) is 36.1 Å². The number of aromatic nitrogens is 4. The molecule has 6 heteroatoms. The summed E-state index contributed by atoms with van der Waals surface area (Å²) >= 11 is 0. The molecular weight excluding hydrogens is 252 g/mol. The number of hydrogen-bond donors (Lipinski definition) is 2. The fraction of sp³-hybridized carbons (Fsp3) is 0.214. The van der Waals surface area contributed by atoms with Gasteiger partial charge in [-0.1, -0.05) is 0 Å². The number of aryl methyl sites for hydroxylation is 1. The van der Waals surface area contributed by atoms with Gasteiger partial charge in [-0.15, -0.1) is 0 Å². The van der Waals surface area contributed by atoms with E-state index in [-0.39, 0.29) is 0 Å². The first-order valence-electron chi connectivity index (χ1n) is 6.43. The van der Waals surface area contributed by atoms with Gasteiger partial charge < -0.3 is 15.0 Å². The van der Waals surface area contributed by atoms with Crippen LogP contribution in [0, 0.1) is 6.92 Å². The molecule has 3 aromatic rings. The van der Waals surface area contributed by atoms with Crippen molar-refractivity contribution < 1.29 is 0 Å². The number of pyridine rings is 1. The van der Waals surface area contributed by atoms with Crippen LogP contribution in [0.2, 0.25) is 0 Å². The predicted molar refractivity (Wildman–Crippen MR) is 78.8 cm³/mol. The minimum absolute atomic E-state index is 0.669. The summed E-state index contributed by atoms with van der Waals surface area (Å²) in [5, 5.41) is 6.38. The summed E-state index contributed by atoms with van der Waals surface area (Å²) in [4.78, 5) is 13.0. The second kappa shape index (κ2) is 5.16. The molecule has 0 radical (unpaired) electrons. The molecule has 0 saturated heterocycles. The van der Waals surface area contributed by atoms with Gasteiger partial charge in [0.1, 0.15) is 5.82 Å². The molecule has 0 bridgehead atoms. The predicted octanol–water partition coefficient (Wildman–Crippen LogP) is 2.09. The summed E-state index contributed by atoms with van der Waals surface area (Å²) in [6.07, 6.45) is 9.23. The fourth-order valence-electron chi connectivity index (χ4n) is 2.03. The first-order chi connectivity index (χ1) is 9.78. The van der Waals surface area contributed by atoms with Crippen molar-refractivity contribution in [2.75, 3.05) is 17.7 Å². The first kappa shape index (κ1) is 12.4. The highest BCUT2D eigenvalue weighted by molar-refractivity contribution is 5.65.